The Labute approximate surface area is 135 Å². The first-order chi connectivity index (χ1) is 11.1. The van der Waals surface area contributed by atoms with Gasteiger partial charge in [-0.05, 0) is 31.4 Å². The Hall–Kier alpha value is -1.98. The number of carbonyl (C=O) groups is 1. The second kappa shape index (κ2) is 8.04. The van der Waals surface area contributed by atoms with Gasteiger partial charge in [0, 0.05) is 31.9 Å². The molecule has 1 aromatic heterocycles. The summed E-state index contributed by atoms with van der Waals surface area (Å²) in [6.07, 6.45) is 4.86. The average molecular weight is 337 g/mol. The van der Waals surface area contributed by atoms with Gasteiger partial charge in [0.25, 0.3) is 0 Å². The van der Waals surface area contributed by atoms with E-state index >= 15 is 0 Å². The minimum absolute atomic E-state index is 0.119. The first-order valence-corrected chi connectivity index (χ1v) is 8.93. The maximum Gasteiger partial charge on any atom is 0.310 e. The molecule has 7 nitrogen and oxygen atoms in total. The number of ether oxygens (including phenoxy) is 1. The summed E-state index contributed by atoms with van der Waals surface area (Å²) in [5.41, 5.74) is 0. The van der Waals surface area contributed by atoms with Gasteiger partial charge in [0.15, 0.2) is 0 Å². The fourth-order valence-electron chi connectivity index (χ4n) is 2.44. The molecule has 1 aromatic rings. The summed E-state index contributed by atoms with van der Waals surface area (Å²) < 4.78 is 31.5. The second-order valence-corrected chi connectivity index (χ2v) is 7.26. The highest BCUT2D eigenvalue weighted by molar-refractivity contribution is 7.89. The van der Waals surface area contributed by atoms with Crippen LogP contribution in [0.4, 0.5) is 0 Å². The van der Waals surface area contributed by atoms with E-state index in [1.807, 2.05) is 6.07 Å². The monoisotopic (exact) mass is 337 g/mol. The van der Waals surface area contributed by atoms with E-state index in [0.717, 1.165) is 0 Å². The van der Waals surface area contributed by atoms with Gasteiger partial charge in [-0.3, -0.25) is 9.78 Å². The number of pyridine rings is 1. The minimum Gasteiger partial charge on any atom is -0.465 e. The van der Waals surface area contributed by atoms with Crippen molar-refractivity contribution < 1.29 is 17.9 Å². The predicted molar refractivity (Wildman–Crippen MR) is 81.5 cm³/mol. The number of sulfonamides is 1. The number of hydrogen-bond acceptors (Lipinski definition) is 6. The number of unbranched alkanes of at least 4 members (excludes halogenated alkanes) is 1. The minimum atomic E-state index is -3.64. The fourth-order valence-corrected chi connectivity index (χ4v) is 3.93. The Morgan fingerprint density at radius 2 is 2.35 bits per heavy atom. The SMILES string of the molecule is N#CCCCOC(=O)C1CCCN(S(=O)(=O)c2cccnc2)C1. The van der Waals surface area contributed by atoms with Gasteiger partial charge < -0.3 is 4.74 Å². The van der Waals surface area contributed by atoms with Crippen LogP contribution >= 0.6 is 0 Å². The quantitative estimate of drug-likeness (QED) is 0.573. The average Bonchev–Trinajstić information content (AvgIpc) is 2.59. The van der Waals surface area contributed by atoms with Crippen molar-refractivity contribution in [3.8, 4) is 6.07 Å². The predicted octanol–water partition coefficient (Wildman–Crippen LogP) is 1.33. The highest BCUT2D eigenvalue weighted by Gasteiger charge is 2.34. The van der Waals surface area contributed by atoms with Crippen molar-refractivity contribution in [3.05, 3.63) is 24.5 Å². The molecule has 1 aliphatic rings. The van der Waals surface area contributed by atoms with Crippen LogP contribution in [0.15, 0.2) is 29.4 Å². The first-order valence-electron chi connectivity index (χ1n) is 7.49. The Morgan fingerprint density at radius 3 is 3.04 bits per heavy atom. The van der Waals surface area contributed by atoms with Crippen LogP contribution in [0.1, 0.15) is 25.7 Å². The third-order valence-electron chi connectivity index (χ3n) is 3.67. The van der Waals surface area contributed by atoms with Gasteiger partial charge in [-0.2, -0.15) is 9.57 Å². The number of rotatable bonds is 6. The number of nitriles is 1. The van der Waals surface area contributed by atoms with E-state index in [4.69, 9.17) is 10.00 Å². The van der Waals surface area contributed by atoms with Crippen molar-refractivity contribution in [1.29, 1.82) is 5.26 Å². The molecule has 2 rings (SSSR count). The van der Waals surface area contributed by atoms with E-state index in [9.17, 15) is 13.2 Å². The Morgan fingerprint density at radius 1 is 1.52 bits per heavy atom. The standard InChI is InChI=1S/C15H19N3O4S/c16-7-1-2-10-22-15(19)13-5-4-9-18(12-13)23(20,21)14-6-3-8-17-11-14/h3,6,8,11,13H,1-2,4-5,9-10,12H2. The molecule has 1 unspecified atom stereocenters. The van der Waals surface area contributed by atoms with Crippen LogP contribution in [0.5, 0.6) is 0 Å². The zero-order chi connectivity index (χ0) is 16.7. The number of piperidine rings is 1. The molecular weight excluding hydrogens is 318 g/mol. The molecule has 0 bridgehead atoms. The molecule has 0 radical (unpaired) electrons. The summed E-state index contributed by atoms with van der Waals surface area (Å²) in [6, 6.07) is 5.04. The van der Waals surface area contributed by atoms with E-state index < -0.39 is 21.9 Å². The largest absolute Gasteiger partial charge is 0.465 e. The van der Waals surface area contributed by atoms with E-state index in [1.165, 1.54) is 22.8 Å². The fraction of sp³-hybridized carbons (Fsp3) is 0.533. The number of esters is 1. The van der Waals surface area contributed by atoms with Crippen molar-refractivity contribution in [1.82, 2.24) is 9.29 Å². The molecule has 0 spiro atoms. The third kappa shape index (κ3) is 4.50. The molecule has 1 fully saturated rings. The van der Waals surface area contributed by atoms with Crippen LogP contribution in [0.25, 0.3) is 0 Å². The lowest BCUT2D eigenvalue weighted by Gasteiger charge is -2.30. The van der Waals surface area contributed by atoms with E-state index in [1.54, 1.807) is 6.07 Å². The number of carbonyl (C=O) groups excluding carboxylic acids is 1. The van der Waals surface area contributed by atoms with Crippen molar-refractivity contribution in [3.63, 3.8) is 0 Å². The molecule has 1 aliphatic heterocycles. The summed E-state index contributed by atoms with van der Waals surface area (Å²) >= 11 is 0. The van der Waals surface area contributed by atoms with Gasteiger partial charge in [0.1, 0.15) is 4.90 Å². The van der Waals surface area contributed by atoms with Crippen LogP contribution < -0.4 is 0 Å². The Bertz CT molecular complexity index is 670. The number of aromatic nitrogens is 1. The molecule has 1 atom stereocenters. The van der Waals surface area contributed by atoms with Crippen molar-refractivity contribution in [2.75, 3.05) is 19.7 Å². The lowest BCUT2D eigenvalue weighted by Crippen LogP contribution is -2.42. The molecule has 1 saturated heterocycles. The Balaban J connectivity index is 1.98. The molecular formula is C15H19N3O4S. The third-order valence-corrected chi connectivity index (χ3v) is 5.52. The summed E-state index contributed by atoms with van der Waals surface area (Å²) in [5, 5.41) is 8.44. The molecule has 2 heterocycles. The topological polar surface area (TPSA) is 100 Å². The van der Waals surface area contributed by atoms with Crippen molar-refractivity contribution in [2.24, 2.45) is 5.92 Å². The first kappa shape index (κ1) is 17.4. The van der Waals surface area contributed by atoms with E-state index in [2.05, 4.69) is 4.98 Å². The van der Waals surface area contributed by atoms with Gasteiger partial charge >= 0.3 is 5.97 Å². The zero-order valence-electron chi connectivity index (χ0n) is 12.7. The molecule has 0 aromatic carbocycles. The molecule has 0 aliphatic carbocycles. The maximum absolute atomic E-state index is 12.6. The van der Waals surface area contributed by atoms with Gasteiger partial charge in [-0.1, -0.05) is 0 Å². The molecule has 0 amide bonds. The highest BCUT2D eigenvalue weighted by Crippen LogP contribution is 2.24. The summed E-state index contributed by atoms with van der Waals surface area (Å²) in [4.78, 5) is 16.0. The van der Waals surface area contributed by atoms with Gasteiger partial charge in [-0.15, -0.1) is 0 Å². The van der Waals surface area contributed by atoms with Crippen LogP contribution in [-0.4, -0.2) is 43.4 Å². The molecule has 0 saturated carbocycles. The zero-order valence-corrected chi connectivity index (χ0v) is 13.5. The molecule has 0 N–H and O–H groups in total. The molecule has 124 valence electrons. The van der Waals surface area contributed by atoms with Crippen LogP contribution in [0, 0.1) is 17.2 Å². The van der Waals surface area contributed by atoms with Gasteiger partial charge in [0.05, 0.1) is 18.6 Å². The smallest absolute Gasteiger partial charge is 0.310 e. The lowest BCUT2D eigenvalue weighted by atomic mass is 10.00. The van der Waals surface area contributed by atoms with E-state index in [-0.39, 0.29) is 18.0 Å². The summed E-state index contributed by atoms with van der Waals surface area (Å²) in [5.74, 6) is -0.855. The maximum atomic E-state index is 12.6. The van der Waals surface area contributed by atoms with Gasteiger partial charge in [0.2, 0.25) is 10.0 Å². The normalized spacial score (nSPS) is 19.0. The molecule has 23 heavy (non-hydrogen) atoms. The highest BCUT2D eigenvalue weighted by atomic mass is 32.2. The van der Waals surface area contributed by atoms with Gasteiger partial charge in [-0.25, -0.2) is 8.42 Å². The molecule has 8 heteroatoms. The summed E-state index contributed by atoms with van der Waals surface area (Å²) in [7, 11) is -3.64. The Kier molecular flexibility index (Phi) is 6.07. The van der Waals surface area contributed by atoms with Crippen molar-refractivity contribution in [2.45, 2.75) is 30.6 Å². The number of hydrogen-bond donors (Lipinski definition) is 0. The second-order valence-electron chi connectivity index (χ2n) is 5.32. The van der Waals surface area contributed by atoms with Crippen LogP contribution in [0.3, 0.4) is 0 Å². The van der Waals surface area contributed by atoms with Crippen LogP contribution in [0.2, 0.25) is 0 Å². The van der Waals surface area contributed by atoms with Crippen LogP contribution in [-0.2, 0) is 19.6 Å². The van der Waals surface area contributed by atoms with E-state index in [0.29, 0.717) is 32.2 Å². The van der Waals surface area contributed by atoms with Crippen molar-refractivity contribution >= 4 is 16.0 Å². The number of nitrogens with zero attached hydrogens (tertiary/aromatic N) is 3. The lowest BCUT2D eigenvalue weighted by molar-refractivity contribution is -0.149. The summed E-state index contributed by atoms with van der Waals surface area (Å²) in [6.45, 7) is 0.696.